The van der Waals surface area contributed by atoms with Gasteiger partial charge in [0, 0.05) is 12.0 Å². The highest BCUT2D eigenvalue weighted by molar-refractivity contribution is 5.92. The fourth-order valence-corrected chi connectivity index (χ4v) is 1.30. The molecule has 0 aliphatic rings. The number of carbonyl (C=O) groups is 2. The summed E-state index contributed by atoms with van der Waals surface area (Å²) >= 11 is 0. The Hall–Kier alpha value is -2.30. The molecule has 0 saturated carbocycles. The third-order valence-electron chi connectivity index (χ3n) is 2.09. The second-order valence-corrected chi connectivity index (χ2v) is 3.46. The van der Waals surface area contributed by atoms with Crippen molar-refractivity contribution in [2.45, 2.75) is 26.7 Å². The summed E-state index contributed by atoms with van der Waals surface area (Å²) in [5.41, 5.74) is 0.519. The number of benzene rings is 1. The number of aromatic hydroxyl groups is 1. The molecular weight excluding hydrogens is 248 g/mol. The van der Waals surface area contributed by atoms with Gasteiger partial charge in [0.05, 0.1) is 0 Å². The van der Waals surface area contributed by atoms with Crippen LogP contribution in [0.1, 0.15) is 32.3 Å². The number of hydrogen-bond acceptors (Lipinski definition) is 3. The van der Waals surface area contributed by atoms with E-state index >= 15 is 0 Å². The molecule has 1 aromatic rings. The molecule has 0 saturated heterocycles. The minimum Gasteiger partial charge on any atom is -0.508 e. The van der Waals surface area contributed by atoms with E-state index < -0.39 is 11.9 Å². The first kappa shape index (κ1) is 16.7. The predicted octanol–water partition coefficient (Wildman–Crippen LogP) is 2.75. The predicted molar refractivity (Wildman–Crippen MR) is 71.9 cm³/mol. The Bertz CT molecular complexity index is 463. The lowest BCUT2D eigenvalue weighted by atomic mass is 10.1. The van der Waals surface area contributed by atoms with Crippen LogP contribution in [0, 0.1) is 0 Å². The van der Waals surface area contributed by atoms with Crippen LogP contribution in [-0.4, -0.2) is 27.3 Å². The minimum atomic E-state index is -1.16. The van der Waals surface area contributed by atoms with Crippen molar-refractivity contribution in [1.29, 1.82) is 0 Å². The van der Waals surface area contributed by atoms with Crippen molar-refractivity contribution in [2.75, 3.05) is 0 Å². The highest BCUT2D eigenvalue weighted by Gasteiger charge is 2.09. The van der Waals surface area contributed by atoms with Crippen LogP contribution in [0.15, 0.2) is 29.8 Å². The van der Waals surface area contributed by atoms with Crippen LogP contribution in [0.25, 0.3) is 6.08 Å². The molecule has 0 radical (unpaired) electrons. The maximum atomic E-state index is 10.9. The molecule has 0 bridgehead atoms. The van der Waals surface area contributed by atoms with Crippen LogP contribution in [0.3, 0.4) is 0 Å². The Labute approximate surface area is 111 Å². The van der Waals surface area contributed by atoms with Crippen molar-refractivity contribution in [3.8, 4) is 5.75 Å². The molecule has 0 spiro atoms. The topological polar surface area (TPSA) is 94.8 Å². The molecule has 0 aliphatic carbocycles. The normalized spacial score (nSPS) is 10.3. The second-order valence-electron chi connectivity index (χ2n) is 3.46. The summed E-state index contributed by atoms with van der Waals surface area (Å²) in [6, 6.07) is 6.08. The number of carboxylic acids is 2. The molecular formula is C14H18O5. The van der Waals surface area contributed by atoms with Crippen molar-refractivity contribution in [1.82, 2.24) is 0 Å². The zero-order chi connectivity index (χ0) is 14.8. The largest absolute Gasteiger partial charge is 0.508 e. The molecule has 0 aliphatic heterocycles. The van der Waals surface area contributed by atoms with Gasteiger partial charge in [0.15, 0.2) is 0 Å². The van der Waals surface area contributed by atoms with Gasteiger partial charge in [-0.1, -0.05) is 26.0 Å². The average Bonchev–Trinajstić information content (AvgIpc) is 2.36. The molecule has 1 aromatic carbocycles. The van der Waals surface area contributed by atoms with E-state index in [2.05, 4.69) is 0 Å². The smallest absolute Gasteiger partial charge is 0.331 e. The summed E-state index contributed by atoms with van der Waals surface area (Å²) in [4.78, 5) is 21.3. The lowest BCUT2D eigenvalue weighted by Gasteiger charge is -2.01. The highest BCUT2D eigenvalue weighted by Crippen LogP contribution is 2.16. The summed E-state index contributed by atoms with van der Waals surface area (Å²) in [5, 5.41) is 26.6. The third kappa shape index (κ3) is 6.88. The van der Waals surface area contributed by atoms with Gasteiger partial charge in [-0.05, 0) is 30.2 Å². The van der Waals surface area contributed by atoms with E-state index in [0.29, 0.717) is 5.56 Å². The van der Waals surface area contributed by atoms with E-state index in [1.807, 2.05) is 13.8 Å². The maximum Gasteiger partial charge on any atom is 0.331 e. The van der Waals surface area contributed by atoms with E-state index in [9.17, 15) is 14.7 Å². The highest BCUT2D eigenvalue weighted by atomic mass is 16.4. The van der Waals surface area contributed by atoms with Crippen LogP contribution >= 0.6 is 0 Å². The van der Waals surface area contributed by atoms with Crippen molar-refractivity contribution in [2.24, 2.45) is 0 Å². The van der Waals surface area contributed by atoms with Gasteiger partial charge >= 0.3 is 11.9 Å². The SMILES string of the molecule is CC.O=C(O)CC/C(=C\c1cccc(O)c1)C(=O)O. The lowest BCUT2D eigenvalue weighted by Crippen LogP contribution is -2.04. The van der Waals surface area contributed by atoms with Crippen LogP contribution in [-0.2, 0) is 9.59 Å². The summed E-state index contributed by atoms with van der Waals surface area (Å²) in [6.07, 6.45) is 1.06. The summed E-state index contributed by atoms with van der Waals surface area (Å²) in [5.74, 6) is -2.18. The summed E-state index contributed by atoms with van der Waals surface area (Å²) in [6.45, 7) is 4.00. The van der Waals surface area contributed by atoms with Crippen molar-refractivity contribution in [3.05, 3.63) is 35.4 Å². The van der Waals surface area contributed by atoms with E-state index in [1.54, 1.807) is 12.1 Å². The van der Waals surface area contributed by atoms with Gasteiger partial charge in [-0.15, -0.1) is 0 Å². The molecule has 19 heavy (non-hydrogen) atoms. The van der Waals surface area contributed by atoms with Crippen molar-refractivity contribution < 1.29 is 24.9 Å². The van der Waals surface area contributed by atoms with Gasteiger partial charge in [-0.2, -0.15) is 0 Å². The fourth-order valence-electron chi connectivity index (χ4n) is 1.30. The number of phenols is 1. The molecule has 0 unspecified atom stereocenters. The maximum absolute atomic E-state index is 10.9. The second kappa shape index (κ2) is 8.74. The quantitative estimate of drug-likeness (QED) is 0.712. The first-order chi connectivity index (χ1) is 8.99. The van der Waals surface area contributed by atoms with Crippen LogP contribution in [0.2, 0.25) is 0 Å². The summed E-state index contributed by atoms with van der Waals surface area (Å²) < 4.78 is 0. The molecule has 1 rings (SSSR count). The molecule has 104 valence electrons. The van der Waals surface area contributed by atoms with E-state index in [1.165, 1.54) is 18.2 Å². The molecule has 0 aromatic heterocycles. The van der Waals surface area contributed by atoms with Crippen LogP contribution in [0.4, 0.5) is 0 Å². The van der Waals surface area contributed by atoms with E-state index in [-0.39, 0.29) is 24.2 Å². The van der Waals surface area contributed by atoms with Crippen LogP contribution < -0.4 is 0 Å². The molecule has 5 nitrogen and oxygen atoms in total. The van der Waals surface area contributed by atoms with Gasteiger partial charge in [-0.3, -0.25) is 4.79 Å². The summed E-state index contributed by atoms with van der Waals surface area (Å²) in [7, 11) is 0. The number of phenolic OH excluding ortho intramolecular Hbond substituents is 1. The van der Waals surface area contributed by atoms with Gasteiger partial charge in [0.2, 0.25) is 0 Å². The molecule has 0 atom stereocenters. The Morgan fingerprint density at radius 2 is 1.79 bits per heavy atom. The number of hydrogen-bond donors (Lipinski definition) is 3. The average molecular weight is 266 g/mol. The number of aliphatic carboxylic acids is 2. The Kier molecular flexibility index (Phi) is 7.68. The number of rotatable bonds is 5. The molecule has 0 heterocycles. The molecule has 5 heteroatoms. The third-order valence-corrected chi connectivity index (χ3v) is 2.09. The van der Waals surface area contributed by atoms with Gasteiger partial charge in [0.1, 0.15) is 5.75 Å². The Balaban J connectivity index is 0.00000154. The van der Waals surface area contributed by atoms with Gasteiger partial charge in [0.25, 0.3) is 0 Å². The van der Waals surface area contributed by atoms with E-state index in [4.69, 9.17) is 10.2 Å². The fraction of sp³-hybridized carbons (Fsp3) is 0.286. The van der Waals surface area contributed by atoms with Gasteiger partial charge < -0.3 is 15.3 Å². The monoisotopic (exact) mass is 266 g/mol. The van der Waals surface area contributed by atoms with Crippen LogP contribution in [0.5, 0.6) is 5.75 Å². The molecule has 0 fully saturated rings. The number of carboxylic acid groups (broad SMARTS) is 2. The van der Waals surface area contributed by atoms with Crippen molar-refractivity contribution in [3.63, 3.8) is 0 Å². The molecule has 3 N–H and O–H groups in total. The standard InChI is InChI=1S/C12H12O5.C2H6/c13-10-3-1-2-8(7-10)6-9(12(16)17)4-5-11(14)15;1-2/h1-3,6-7,13H,4-5H2,(H,14,15)(H,16,17);1-2H3/b9-6+;. The Morgan fingerprint density at radius 3 is 2.26 bits per heavy atom. The first-order valence-corrected chi connectivity index (χ1v) is 5.93. The van der Waals surface area contributed by atoms with E-state index in [0.717, 1.165) is 0 Å². The van der Waals surface area contributed by atoms with Crippen molar-refractivity contribution >= 4 is 18.0 Å². The molecule has 0 amide bonds. The zero-order valence-electron chi connectivity index (χ0n) is 11.0. The minimum absolute atomic E-state index is 0.00185. The first-order valence-electron chi connectivity index (χ1n) is 5.93. The van der Waals surface area contributed by atoms with Gasteiger partial charge in [-0.25, -0.2) is 4.79 Å². The Morgan fingerprint density at radius 1 is 1.16 bits per heavy atom. The zero-order valence-corrected chi connectivity index (χ0v) is 11.0. The lowest BCUT2D eigenvalue weighted by molar-refractivity contribution is -0.137.